The van der Waals surface area contributed by atoms with Crippen LogP contribution >= 0.6 is 0 Å². The fourth-order valence-corrected chi connectivity index (χ4v) is 4.54. The number of pyridine rings is 1. The number of hydrogen-bond donors (Lipinski definition) is 4. The summed E-state index contributed by atoms with van der Waals surface area (Å²) in [5.41, 5.74) is 1.57. The summed E-state index contributed by atoms with van der Waals surface area (Å²) in [6.45, 7) is 5.37. The SMILES string of the molecule is CC[C@H](C)[C@H](NC(=O)Cc1ccccc1)C(=O)N[C@@H](C)C(=O)N1c2ncccc2C[C@H]1C(=O)NCc1nn[nH]n1. The molecule has 1 aromatic carbocycles. The van der Waals surface area contributed by atoms with Crippen LogP contribution in [0.4, 0.5) is 5.82 Å². The molecule has 13 nitrogen and oxygen atoms in total. The van der Waals surface area contributed by atoms with Gasteiger partial charge in [0.1, 0.15) is 23.9 Å². The Bertz CT molecular complexity index is 1330. The van der Waals surface area contributed by atoms with Gasteiger partial charge in [-0.3, -0.25) is 24.1 Å². The Balaban J connectivity index is 1.45. The second kappa shape index (κ2) is 12.9. The number of fused-ring (bicyclic) bond motifs is 1. The van der Waals surface area contributed by atoms with E-state index in [-0.39, 0.29) is 31.2 Å². The standard InChI is InChI=1S/C27H33N9O4/c1-4-16(2)23(31-22(37)13-18-9-6-5-7-10-18)26(39)30-17(3)27(40)36-20(14-19-11-8-12-28-24(19)36)25(38)29-15-21-32-34-35-33-21/h5-12,16-17,20,23H,4,13-15H2,1-3H3,(H,29,38)(H,30,39)(H,31,37)(H,32,33,34,35)/t16-,17-,20-,23-/m0/s1. The van der Waals surface area contributed by atoms with Gasteiger partial charge in [-0.2, -0.15) is 5.21 Å². The summed E-state index contributed by atoms with van der Waals surface area (Å²) in [5.74, 6) is -1.20. The topological polar surface area (TPSA) is 175 Å². The molecule has 4 rings (SSSR count). The number of carbonyl (C=O) groups is 4. The van der Waals surface area contributed by atoms with Crippen molar-refractivity contribution >= 4 is 29.4 Å². The van der Waals surface area contributed by atoms with Gasteiger partial charge in [0.25, 0.3) is 5.91 Å². The Morgan fingerprint density at radius 3 is 2.55 bits per heavy atom. The number of H-pyrrole nitrogens is 1. The van der Waals surface area contributed by atoms with Gasteiger partial charge < -0.3 is 16.0 Å². The van der Waals surface area contributed by atoms with Crippen molar-refractivity contribution in [1.82, 2.24) is 41.6 Å². The summed E-state index contributed by atoms with van der Waals surface area (Å²) in [5, 5.41) is 21.7. The fourth-order valence-electron chi connectivity index (χ4n) is 4.54. The molecule has 0 saturated heterocycles. The van der Waals surface area contributed by atoms with E-state index < -0.39 is 35.8 Å². The van der Waals surface area contributed by atoms with Crippen molar-refractivity contribution in [2.45, 2.75) is 64.7 Å². The first-order chi connectivity index (χ1) is 19.3. The minimum Gasteiger partial charge on any atom is -0.347 e. The molecule has 1 aliphatic heterocycles. The molecule has 4 atom stereocenters. The highest BCUT2D eigenvalue weighted by Gasteiger charge is 2.41. The Morgan fingerprint density at radius 1 is 1.07 bits per heavy atom. The molecule has 0 bridgehead atoms. The van der Waals surface area contributed by atoms with Crippen molar-refractivity contribution in [2.75, 3.05) is 4.90 Å². The number of amides is 4. The van der Waals surface area contributed by atoms with Crippen LogP contribution in [0.3, 0.4) is 0 Å². The first-order valence-corrected chi connectivity index (χ1v) is 13.2. The van der Waals surface area contributed by atoms with Crippen molar-refractivity contribution < 1.29 is 19.2 Å². The molecular formula is C27H33N9O4. The summed E-state index contributed by atoms with van der Waals surface area (Å²) in [7, 11) is 0. The minimum absolute atomic E-state index is 0.0309. The normalized spacial score (nSPS) is 16.4. The van der Waals surface area contributed by atoms with Crippen molar-refractivity contribution in [1.29, 1.82) is 0 Å². The number of hydrogen-bond acceptors (Lipinski definition) is 8. The quantitative estimate of drug-likeness (QED) is 0.268. The van der Waals surface area contributed by atoms with Gasteiger partial charge in [-0.15, -0.1) is 10.2 Å². The van der Waals surface area contributed by atoms with E-state index in [0.717, 1.165) is 11.1 Å². The molecule has 210 valence electrons. The van der Waals surface area contributed by atoms with Crippen LogP contribution in [0.1, 0.15) is 44.1 Å². The van der Waals surface area contributed by atoms with E-state index in [2.05, 4.69) is 41.6 Å². The molecule has 4 N–H and O–H groups in total. The first kappa shape index (κ1) is 28.3. The highest BCUT2D eigenvalue weighted by Crippen LogP contribution is 2.30. The lowest BCUT2D eigenvalue weighted by Crippen LogP contribution is -2.57. The Morgan fingerprint density at radius 2 is 1.85 bits per heavy atom. The maximum Gasteiger partial charge on any atom is 0.251 e. The van der Waals surface area contributed by atoms with Crippen LogP contribution in [0.5, 0.6) is 0 Å². The monoisotopic (exact) mass is 547 g/mol. The zero-order valence-electron chi connectivity index (χ0n) is 22.6. The maximum atomic E-state index is 13.7. The molecule has 1 aliphatic rings. The molecular weight excluding hydrogens is 514 g/mol. The van der Waals surface area contributed by atoms with E-state index in [1.165, 1.54) is 4.90 Å². The van der Waals surface area contributed by atoms with Crippen LogP contribution in [-0.2, 0) is 38.6 Å². The average molecular weight is 548 g/mol. The number of carbonyl (C=O) groups excluding carboxylic acids is 4. The summed E-state index contributed by atoms with van der Waals surface area (Å²) < 4.78 is 0. The van der Waals surface area contributed by atoms with E-state index in [1.807, 2.05) is 44.2 Å². The van der Waals surface area contributed by atoms with Gasteiger partial charge in [-0.05, 0) is 30.0 Å². The number of anilines is 1. The summed E-state index contributed by atoms with van der Waals surface area (Å²) >= 11 is 0. The number of nitrogens with zero attached hydrogens (tertiary/aromatic N) is 5. The van der Waals surface area contributed by atoms with Crippen molar-refractivity contribution in [2.24, 2.45) is 5.92 Å². The molecule has 0 aliphatic carbocycles. The Hall–Kier alpha value is -4.68. The van der Waals surface area contributed by atoms with Crippen LogP contribution in [0.25, 0.3) is 0 Å². The zero-order valence-corrected chi connectivity index (χ0v) is 22.6. The molecule has 40 heavy (non-hydrogen) atoms. The number of tetrazole rings is 1. The van der Waals surface area contributed by atoms with E-state index in [0.29, 0.717) is 18.1 Å². The first-order valence-electron chi connectivity index (χ1n) is 13.2. The molecule has 2 aromatic heterocycles. The van der Waals surface area contributed by atoms with Crippen LogP contribution in [0, 0.1) is 5.92 Å². The van der Waals surface area contributed by atoms with E-state index in [9.17, 15) is 19.2 Å². The molecule has 3 aromatic rings. The smallest absolute Gasteiger partial charge is 0.251 e. The number of nitrogens with one attached hydrogen (secondary N) is 4. The van der Waals surface area contributed by atoms with E-state index in [1.54, 1.807) is 25.3 Å². The molecule has 3 heterocycles. The van der Waals surface area contributed by atoms with Gasteiger partial charge in [0.2, 0.25) is 17.7 Å². The second-order valence-corrected chi connectivity index (χ2v) is 9.78. The predicted molar refractivity (Wildman–Crippen MR) is 144 cm³/mol. The van der Waals surface area contributed by atoms with Gasteiger partial charge in [0.15, 0.2) is 5.82 Å². The molecule has 0 unspecified atom stereocenters. The van der Waals surface area contributed by atoms with Crippen LogP contribution in [0.15, 0.2) is 48.7 Å². The largest absolute Gasteiger partial charge is 0.347 e. The Labute approximate surface area is 231 Å². The predicted octanol–water partition coefficient (Wildman–Crippen LogP) is 0.447. The zero-order chi connectivity index (χ0) is 28.6. The van der Waals surface area contributed by atoms with E-state index in [4.69, 9.17) is 0 Å². The number of aromatic amines is 1. The van der Waals surface area contributed by atoms with Crippen molar-refractivity contribution in [3.8, 4) is 0 Å². The number of aromatic nitrogens is 5. The summed E-state index contributed by atoms with van der Waals surface area (Å²) in [6, 6.07) is 10.1. The number of benzene rings is 1. The highest BCUT2D eigenvalue weighted by atomic mass is 16.2. The molecule has 4 amide bonds. The third kappa shape index (κ3) is 6.65. The third-order valence-electron chi connectivity index (χ3n) is 6.92. The molecule has 13 heteroatoms. The summed E-state index contributed by atoms with van der Waals surface area (Å²) in [6.07, 6.45) is 2.58. The molecule has 0 saturated carbocycles. The lowest BCUT2D eigenvalue weighted by Gasteiger charge is -2.29. The van der Waals surface area contributed by atoms with Crippen molar-refractivity contribution in [3.05, 3.63) is 65.6 Å². The van der Waals surface area contributed by atoms with Crippen LogP contribution in [-0.4, -0.2) is 67.4 Å². The Kier molecular flexibility index (Phi) is 9.15. The van der Waals surface area contributed by atoms with Gasteiger partial charge >= 0.3 is 0 Å². The minimum atomic E-state index is -0.995. The molecule has 0 radical (unpaired) electrons. The molecule has 0 spiro atoms. The van der Waals surface area contributed by atoms with E-state index >= 15 is 0 Å². The van der Waals surface area contributed by atoms with Crippen LogP contribution in [0.2, 0.25) is 0 Å². The van der Waals surface area contributed by atoms with Crippen LogP contribution < -0.4 is 20.9 Å². The van der Waals surface area contributed by atoms with Gasteiger partial charge in [-0.25, -0.2) is 4.98 Å². The van der Waals surface area contributed by atoms with Gasteiger partial charge in [0.05, 0.1) is 13.0 Å². The fraction of sp³-hybridized carbons (Fsp3) is 0.407. The average Bonchev–Trinajstić information content (AvgIpc) is 3.62. The highest BCUT2D eigenvalue weighted by molar-refractivity contribution is 6.06. The third-order valence-corrected chi connectivity index (χ3v) is 6.92. The number of rotatable bonds is 11. The summed E-state index contributed by atoms with van der Waals surface area (Å²) in [4.78, 5) is 58.5. The lowest BCUT2D eigenvalue weighted by atomic mass is 9.97. The molecule has 0 fully saturated rings. The van der Waals surface area contributed by atoms with Gasteiger partial charge in [0, 0.05) is 12.6 Å². The van der Waals surface area contributed by atoms with Crippen molar-refractivity contribution in [3.63, 3.8) is 0 Å². The van der Waals surface area contributed by atoms with Gasteiger partial charge in [-0.1, -0.05) is 61.9 Å². The second-order valence-electron chi connectivity index (χ2n) is 9.78. The maximum absolute atomic E-state index is 13.7. The lowest BCUT2D eigenvalue weighted by molar-refractivity contribution is -0.132.